The summed E-state index contributed by atoms with van der Waals surface area (Å²) in [7, 11) is 0. The van der Waals surface area contributed by atoms with Gasteiger partial charge in [-0.1, -0.05) is 38.8 Å². The first kappa shape index (κ1) is 21.3. The van der Waals surface area contributed by atoms with Crippen molar-refractivity contribution in [3.63, 3.8) is 0 Å². The predicted octanol–water partition coefficient (Wildman–Crippen LogP) is 5.76. The number of rotatable bonds is 9. The molecule has 1 aliphatic carbocycles. The van der Waals surface area contributed by atoms with Gasteiger partial charge in [0.2, 0.25) is 0 Å². The summed E-state index contributed by atoms with van der Waals surface area (Å²) < 4.78 is 11.4. The summed E-state index contributed by atoms with van der Waals surface area (Å²) in [5.41, 5.74) is 0.306. The standard InChI is InChI=1S/C23H33NO3/c1-4-6-7-16-26-20-12-8-18(9-13-20)19-10-14-21(15-11-19)27-22(25)23(3,5-2)17-24/h8-9,12-13,19,21H,4-7,10-11,14-16H2,1-3H3. The Morgan fingerprint density at radius 2 is 1.81 bits per heavy atom. The van der Waals surface area contributed by atoms with Crippen LogP contribution in [-0.2, 0) is 9.53 Å². The van der Waals surface area contributed by atoms with Crippen LogP contribution >= 0.6 is 0 Å². The molecule has 148 valence electrons. The molecule has 2 rings (SSSR count). The molecule has 0 N–H and O–H groups in total. The van der Waals surface area contributed by atoms with Gasteiger partial charge in [0, 0.05) is 0 Å². The lowest BCUT2D eigenvalue weighted by atomic mass is 9.82. The van der Waals surface area contributed by atoms with Crippen molar-refractivity contribution in [1.29, 1.82) is 5.26 Å². The van der Waals surface area contributed by atoms with E-state index in [-0.39, 0.29) is 12.1 Å². The van der Waals surface area contributed by atoms with Gasteiger partial charge in [0.05, 0.1) is 12.7 Å². The van der Waals surface area contributed by atoms with Crippen molar-refractivity contribution in [3.8, 4) is 11.8 Å². The number of carbonyl (C=O) groups is 1. The number of unbranched alkanes of at least 4 members (excludes halogenated alkanes) is 2. The Labute approximate surface area is 163 Å². The molecular formula is C23H33NO3. The molecule has 0 bridgehead atoms. The van der Waals surface area contributed by atoms with Crippen LogP contribution in [0.5, 0.6) is 5.75 Å². The molecule has 0 heterocycles. The molecule has 0 radical (unpaired) electrons. The van der Waals surface area contributed by atoms with Gasteiger partial charge in [-0.05, 0) is 69.1 Å². The van der Waals surface area contributed by atoms with Gasteiger partial charge in [0.15, 0.2) is 5.41 Å². The van der Waals surface area contributed by atoms with E-state index in [9.17, 15) is 10.1 Å². The Morgan fingerprint density at radius 1 is 1.15 bits per heavy atom. The van der Waals surface area contributed by atoms with Crippen molar-refractivity contribution in [2.45, 2.75) is 84.2 Å². The number of nitriles is 1. The molecule has 4 heteroatoms. The van der Waals surface area contributed by atoms with Gasteiger partial charge in [0.1, 0.15) is 11.9 Å². The summed E-state index contributed by atoms with van der Waals surface area (Å²) in [6, 6.07) is 10.5. The summed E-state index contributed by atoms with van der Waals surface area (Å²) in [5.74, 6) is 1.07. The smallest absolute Gasteiger partial charge is 0.326 e. The highest BCUT2D eigenvalue weighted by Gasteiger charge is 2.35. The molecule has 1 atom stereocenters. The second kappa shape index (κ2) is 10.3. The molecule has 1 aromatic rings. The first-order chi connectivity index (χ1) is 13.0. The third kappa shape index (κ3) is 5.99. The van der Waals surface area contributed by atoms with Crippen LogP contribution in [-0.4, -0.2) is 18.7 Å². The second-order valence-corrected chi connectivity index (χ2v) is 7.80. The minimum absolute atomic E-state index is 0.0610. The fourth-order valence-corrected chi connectivity index (χ4v) is 3.44. The van der Waals surface area contributed by atoms with Crippen LogP contribution < -0.4 is 4.74 Å². The third-order valence-corrected chi connectivity index (χ3v) is 5.72. The zero-order valence-corrected chi connectivity index (χ0v) is 17.0. The van der Waals surface area contributed by atoms with Gasteiger partial charge < -0.3 is 9.47 Å². The highest BCUT2D eigenvalue weighted by molar-refractivity contribution is 5.79. The van der Waals surface area contributed by atoms with Gasteiger partial charge in [0.25, 0.3) is 0 Å². The fourth-order valence-electron chi connectivity index (χ4n) is 3.44. The number of hydrogen-bond acceptors (Lipinski definition) is 4. The molecule has 1 aliphatic rings. The topological polar surface area (TPSA) is 59.3 Å². The molecule has 1 unspecified atom stereocenters. The Bertz CT molecular complexity index is 626. The fraction of sp³-hybridized carbons (Fsp3) is 0.652. The summed E-state index contributed by atoms with van der Waals surface area (Å²) in [6.45, 7) is 6.48. The monoisotopic (exact) mass is 371 g/mol. The minimum atomic E-state index is -1.02. The first-order valence-corrected chi connectivity index (χ1v) is 10.4. The van der Waals surface area contributed by atoms with Crippen molar-refractivity contribution in [1.82, 2.24) is 0 Å². The quantitative estimate of drug-likeness (QED) is 0.409. The lowest BCUT2D eigenvalue weighted by Crippen LogP contribution is -2.33. The molecular weight excluding hydrogens is 338 g/mol. The normalized spacial score (nSPS) is 21.7. The van der Waals surface area contributed by atoms with E-state index in [1.165, 1.54) is 18.4 Å². The average Bonchev–Trinajstić information content (AvgIpc) is 2.71. The van der Waals surface area contributed by atoms with Gasteiger partial charge >= 0.3 is 5.97 Å². The molecule has 1 fully saturated rings. The van der Waals surface area contributed by atoms with Gasteiger partial charge in [-0.25, -0.2) is 0 Å². The van der Waals surface area contributed by atoms with Crippen LogP contribution in [0.4, 0.5) is 0 Å². The highest BCUT2D eigenvalue weighted by Crippen LogP contribution is 2.35. The van der Waals surface area contributed by atoms with E-state index >= 15 is 0 Å². The van der Waals surface area contributed by atoms with Crippen molar-refractivity contribution in [3.05, 3.63) is 29.8 Å². The molecule has 1 saturated carbocycles. The van der Waals surface area contributed by atoms with E-state index in [0.29, 0.717) is 12.3 Å². The SMILES string of the molecule is CCCCCOc1ccc(C2CCC(OC(=O)C(C)(C#N)CC)CC2)cc1. The van der Waals surface area contributed by atoms with Gasteiger partial charge in [-0.3, -0.25) is 4.79 Å². The van der Waals surface area contributed by atoms with Crippen molar-refractivity contribution in [2.75, 3.05) is 6.61 Å². The van der Waals surface area contributed by atoms with E-state index in [4.69, 9.17) is 9.47 Å². The molecule has 1 aromatic carbocycles. The summed E-state index contributed by atoms with van der Waals surface area (Å²) in [5, 5.41) is 9.22. The molecule has 0 amide bonds. The second-order valence-electron chi connectivity index (χ2n) is 7.80. The van der Waals surface area contributed by atoms with E-state index in [2.05, 4.69) is 37.3 Å². The number of nitrogens with zero attached hydrogens (tertiary/aromatic N) is 1. The Hall–Kier alpha value is -2.02. The molecule has 4 nitrogen and oxygen atoms in total. The average molecular weight is 372 g/mol. The zero-order valence-electron chi connectivity index (χ0n) is 17.0. The highest BCUT2D eigenvalue weighted by atomic mass is 16.5. The van der Waals surface area contributed by atoms with Crippen molar-refractivity contribution < 1.29 is 14.3 Å². The van der Waals surface area contributed by atoms with Crippen LogP contribution in [0.25, 0.3) is 0 Å². The molecule has 0 aliphatic heterocycles. The molecule has 0 saturated heterocycles. The van der Waals surface area contributed by atoms with Crippen LogP contribution in [0.15, 0.2) is 24.3 Å². The van der Waals surface area contributed by atoms with E-state index in [1.54, 1.807) is 6.92 Å². The molecule has 0 spiro atoms. The van der Waals surface area contributed by atoms with Gasteiger partial charge in [-0.2, -0.15) is 5.26 Å². The predicted molar refractivity (Wildman–Crippen MR) is 107 cm³/mol. The molecule has 0 aromatic heterocycles. The van der Waals surface area contributed by atoms with E-state index in [0.717, 1.165) is 44.5 Å². The lowest BCUT2D eigenvalue weighted by molar-refractivity contribution is -0.159. The summed E-state index contributed by atoms with van der Waals surface area (Å²) >= 11 is 0. The van der Waals surface area contributed by atoms with Crippen molar-refractivity contribution >= 4 is 5.97 Å². The number of ether oxygens (including phenoxy) is 2. The summed E-state index contributed by atoms with van der Waals surface area (Å²) in [4.78, 5) is 12.3. The van der Waals surface area contributed by atoms with Crippen LogP contribution in [0.1, 0.15) is 83.6 Å². The van der Waals surface area contributed by atoms with Crippen molar-refractivity contribution in [2.24, 2.45) is 5.41 Å². The minimum Gasteiger partial charge on any atom is -0.494 e. The third-order valence-electron chi connectivity index (χ3n) is 5.72. The maximum absolute atomic E-state index is 12.3. The van der Waals surface area contributed by atoms with Crippen LogP contribution in [0, 0.1) is 16.7 Å². The molecule has 27 heavy (non-hydrogen) atoms. The first-order valence-electron chi connectivity index (χ1n) is 10.4. The van der Waals surface area contributed by atoms with Crippen LogP contribution in [0.2, 0.25) is 0 Å². The Balaban J connectivity index is 1.80. The van der Waals surface area contributed by atoms with Crippen LogP contribution in [0.3, 0.4) is 0 Å². The summed E-state index contributed by atoms with van der Waals surface area (Å²) in [6.07, 6.45) is 7.65. The number of carbonyl (C=O) groups excluding carboxylic acids is 1. The maximum Gasteiger partial charge on any atom is 0.326 e. The number of benzene rings is 1. The lowest BCUT2D eigenvalue weighted by Gasteiger charge is -2.30. The number of hydrogen-bond donors (Lipinski definition) is 0. The Morgan fingerprint density at radius 3 is 2.37 bits per heavy atom. The van der Waals surface area contributed by atoms with E-state index < -0.39 is 5.41 Å². The Kier molecular flexibility index (Phi) is 8.16. The van der Waals surface area contributed by atoms with Gasteiger partial charge in [-0.15, -0.1) is 0 Å². The van der Waals surface area contributed by atoms with E-state index in [1.807, 2.05) is 6.92 Å². The maximum atomic E-state index is 12.3. The number of esters is 1. The zero-order chi connectivity index (χ0) is 19.7. The largest absolute Gasteiger partial charge is 0.494 e.